The van der Waals surface area contributed by atoms with Gasteiger partial charge in [0.25, 0.3) is 5.91 Å². The van der Waals surface area contributed by atoms with Crippen molar-refractivity contribution >= 4 is 73.5 Å². The van der Waals surface area contributed by atoms with Gasteiger partial charge in [-0.15, -0.1) is 0 Å². The number of halogens is 3. The second-order valence-electron chi connectivity index (χ2n) is 3.74. The molecular formula is C11H4BrCl2N3O2S. The van der Waals surface area contributed by atoms with E-state index in [1.807, 2.05) is 0 Å². The molecule has 0 radical (unpaired) electrons. The Hall–Kier alpha value is -1.15. The number of hydrogen-bond donors (Lipinski definition) is 1. The van der Waals surface area contributed by atoms with Crippen molar-refractivity contribution in [3.8, 4) is 0 Å². The van der Waals surface area contributed by atoms with E-state index < -0.39 is 0 Å². The molecule has 1 aliphatic rings. The molecule has 102 valence electrons. The summed E-state index contributed by atoms with van der Waals surface area (Å²) >= 11 is 16.3. The summed E-state index contributed by atoms with van der Waals surface area (Å²) in [7, 11) is 0. The van der Waals surface area contributed by atoms with Crippen molar-refractivity contribution in [1.29, 1.82) is 0 Å². The number of nitrogens with one attached hydrogen (secondary N) is 1. The molecule has 9 heteroatoms. The Labute approximate surface area is 135 Å². The number of benzene rings is 1. The zero-order chi connectivity index (χ0) is 14.3. The highest BCUT2D eigenvalue weighted by Gasteiger charge is 2.22. The third-order valence-corrected chi connectivity index (χ3v) is 4.27. The molecule has 0 saturated carbocycles. The highest BCUT2D eigenvalue weighted by molar-refractivity contribution is 9.10. The van der Waals surface area contributed by atoms with Gasteiger partial charge in [-0.05, 0) is 28.1 Å². The second kappa shape index (κ2) is 5.33. The standard InChI is InChI=1S/C11H4BrCl2N3O2S/c12-10-4(1-2-19-10)11(18)15-7-5(13)3-6(14)8-9(7)17-20-16-8/h1-3H,(H,15,18). The summed E-state index contributed by atoms with van der Waals surface area (Å²) in [6, 6.07) is 3.06. The van der Waals surface area contributed by atoms with E-state index >= 15 is 0 Å². The fraction of sp³-hybridized carbons (Fsp3) is 0. The Morgan fingerprint density at radius 2 is 2.05 bits per heavy atom. The molecule has 0 saturated heterocycles. The third kappa shape index (κ3) is 2.31. The summed E-state index contributed by atoms with van der Waals surface area (Å²) in [6.07, 6.45) is 1.41. The fourth-order valence-corrected chi connectivity index (χ4v) is 3.21. The smallest absolute Gasteiger partial charge is 0.260 e. The first-order valence-corrected chi connectivity index (χ1v) is 7.50. The molecule has 1 aliphatic heterocycles. The summed E-state index contributed by atoms with van der Waals surface area (Å²) in [5, 5.41) is 3.38. The average molecular weight is 393 g/mol. The third-order valence-electron chi connectivity index (χ3n) is 2.54. The van der Waals surface area contributed by atoms with Gasteiger partial charge in [-0.2, -0.15) is 8.73 Å². The van der Waals surface area contributed by atoms with Gasteiger partial charge in [-0.1, -0.05) is 23.2 Å². The number of carbonyl (C=O) groups is 1. The van der Waals surface area contributed by atoms with Gasteiger partial charge in [0.1, 0.15) is 11.4 Å². The minimum atomic E-state index is -0.371. The van der Waals surface area contributed by atoms with Crippen LogP contribution in [-0.4, -0.2) is 5.91 Å². The molecule has 1 aromatic heterocycles. The van der Waals surface area contributed by atoms with Crippen molar-refractivity contribution in [2.75, 3.05) is 5.32 Å². The maximum absolute atomic E-state index is 12.2. The minimum absolute atomic E-state index is 0.295. The Morgan fingerprint density at radius 1 is 1.30 bits per heavy atom. The Kier molecular flexibility index (Phi) is 3.68. The maximum atomic E-state index is 12.2. The van der Waals surface area contributed by atoms with Crippen LogP contribution in [0.15, 0.2) is 36.2 Å². The normalized spacial score (nSPS) is 12.2. The Bertz CT molecular complexity index is 799. The van der Waals surface area contributed by atoms with Crippen molar-refractivity contribution in [2.45, 2.75) is 0 Å². The van der Waals surface area contributed by atoms with Gasteiger partial charge in [0.15, 0.2) is 4.67 Å². The van der Waals surface area contributed by atoms with Crippen LogP contribution >= 0.6 is 39.1 Å². The van der Waals surface area contributed by atoms with Crippen LogP contribution in [-0.2, 0) is 11.4 Å². The molecule has 1 N–H and O–H groups in total. The summed E-state index contributed by atoms with van der Waals surface area (Å²) in [4.78, 5) is 12.2. The van der Waals surface area contributed by atoms with E-state index in [-0.39, 0.29) is 5.91 Å². The van der Waals surface area contributed by atoms with Crippen LogP contribution < -0.4 is 5.32 Å². The van der Waals surface area contributed by atoms with Crippen LogP contribution in [0.25, 0.3) is 0 Å². The Morgan fingerprint density at radius 3 is 2.75 bits per heavy atom. The molecule has 20 heavy (non-hydrogen) atoms. The number of hydrogen-bond acceptors (Lipinski definition) is 4. The van der Waals surface area contributed by atoms with Crippen LogP contribution in [0.3, 0.4) is 0 Å². The van der Waals surface area contributed by atoms with Gasteiger partial charge in [-0.3, -0.25) is 4.79 Å². The predicted octanol–water partition coefficient (Wildman–Crippen LogP) is 5.33. The monoisotopic (exact) mass is 391 g/mol. The SMILES string of the molecule is O=C(Nc1c(Cl)cc(Cl)c2c1N=S=N2)c1ccoc1Br. The van der Waals surface area contributed by atoms with Crippen LogP contribution in [0.2, 0.25) is 10.0 Å². The number of furan rings is 1. The van der Waals surface area contributed by atoms with Crippen LogP contribution in [0.4, 0.5) is 17.1 Å². The molecule has 1 amide bonds. The van der Waals surface area contributed by atoms with Crippen LogP contribution in [0.5, 0.6) is 0 Å². The van der Waals surface area contributed by atoms with Gasteiger partial charge >= 0.3 is 0 Å². The van der Waals surface area contributed by atoms with Crippen molar-refractivity contribution < 1.29 is 9.21 Å². The van der Waals surface area contributed by atoms with Crippen molar-refractivity contribution in [3.63, 3.8) is 0 Å². The lowest BCUT2D eigenvalue weighted by molar-refractivity contribution is 0.102. The van der Waals surface area contributed by atoms with Crippen LogP contribution in [0, 0.1) is 0 Å². The molecule has 5 nitrogen and oxygen atoms in total. The zero-order valence-electron chi connectivity index (χ0n) is 9.49. The second-order valence-corrected chi connectivity index (χ2v) is 5.80. The molecule has 2 heterocycles. The molecule has 3 rings (SSSR count). The average Bonchev–Trinajstić information content (AvgIpc) is 3.02. The van der Waals surface area contributed by atoms with E-state index in [1.165, 1.54) is 12.3 Å². The van der Waals surface area contributed by atoms with E-state index in [0.29, 0.717) is 37.3 Å². The Balaban J connectivity index is 2.01. The number of amides is 1. The number of nitrogens with zero attached hydrogens (tertiary/aromatic N) is 2. The molecule has 0 fully saturated rings. The zero-order valence-corrected chi connectivity index (χ0v) is 13.4. The molecule has 1 aromatic carbocycles. The quantitative estimate of drug-likeness (QED) is 0.640. The highest BCUT2D eigenvalue weighted by Crippen LogP contribution is 2.47. The molecule has 0 aliphatic carbocycles. The number of anilines is 1. The first-order chi connectivity index (χ1) is 9.58. The van der Waals surface area contributed by atoms with Gasteiger partial charge in [-0.25, -0.2) is 0 Å². The lowest BCUT2D eigenvalue weighted by Crippen LogP contribution is -2.12. The molecule has 0 unspecified atom stereocenters. The maximum Gasteiger partial charge on any atom is 0.260 e. The minimum Gasteiger partial charge on any atom is -0.457 e. The van der Waals surface area contributed by atoms with E-state index in [9.17, 15) is 4.79 Å². The topological polar surface area (TPSA) is 67.0 Å². The van der Waals surface area contributed by atoms with Crippen molar-refractivity contribution in [3.05, 3.63) is 38.7 Å². The lowest BCUT2D eigenvalue weighted by Gasteiger charge is -2.10. The summed E-state index contributed by atoms with van der Waals surface area (Å²) in [5.74, 6) is -0.371. The van der Waals surface area contributed by atoms with Gasteiger partial charge < -0.3 is 9.73 Å². The molecule has 2 aromatic rings. The summed E-state index contributed by atoms with van der Waals surface area (Å²) in [5.41, 5.74) is 1.69. The van der Waals surface area contributed by atoms with E-state index in [0.717, 1.165) is 11.4 Å². The highest BCUT2D eigenvalue weighted by atomic mass is 79.9. The molecule has 0 atom stereocenters. The first-order valence-electron chi connectivity index (χ1n) is 5.22. The largest absolute Gasteiger partial charge is 0.457 e. The van der Waals surface area contributed by atoms with Gasteiger partial charge in [0.2, 0.25) is 0 Å². The molecular weight excluding hydrogens is 389 g/mol. The van der Waals surface area contributed by atoms with Crippen LogP contribution in [0.1, 0.15) is 10.4 Å². The summed E-state index contributed by atoms with van der Waals surface area (Å²) < 4.78 is 13.5. The number of carbonyl (C=O) groups excluding carboxylic acids is 1. The van der Waals surface area contributed by atoms with E-state index in [1.54, 1.807) is 6.07 Å². The number of rotatable bonds is 2. The molecule has 0 spiro atoms. The van der Waals surface area contributed by atoms with Crippen molar-refractivity contribution in [2.24, 2.45) is 8.73 Å². The molecule has 0 bridgehead atoms. The van der Waals surface area contributed by atoms with Crippen molar-refractivity contribution in [1.82, 2.24) is 0 Å². The lowest BCUT2D eigenvalue weighted by atomic mass is 10.2. The van der Waals surface area contributed by atoms with Gasteiger partial charge in [0.05, 0.1) is 38.9 Å². The predicted molar refractivity (Wildman–Crippen MR) is 82.4 cm³/mol. The first kappa shape index (κ1) is 13.8. The number of fused-ring (bicyclic) bond motifs is 1. The van der Waals surface area contributed by atoms with Gasteiger partial charge in [0, 0.05) is 0 Å². The van der Waals surface area contributed by atoms with E-state index in [4.69, 9.17) is 27.6 Å². The summed E-state index contributed by atoms with van der Waals surface area (Å²) in [6.45, 7) is 0. The van der Waals surface area contributed by atoms with E-state index in [2.05, 4.69) is 30.0 Å². The fourth-order valence-electron chi connectivity index (χ4n) is 1.63.